The highest BCUT2D eigenvalue weighted by molar-refractivity contribution is 7.80. The van der Waals surface area contributed by atoms with E-state index in [0.717, 1.165) is 0 Å². The number of thiocarbonyl (C=S) groups is 1. The number of benzene rings is 1. The third-order valence-electron chi connectivity index (χ3n) is 1.63. The van der Waals surface area contributed by atoms with Gasteiger partial charge in [0.2, 0.25) is 0 Å². The second-order valence-electron chi connectivity index (χ2n) is 3.41. The summed E-state index contributed by atoms with van der Waals surface area (Å²) >= 11 is 10.8. The topological polar surface area (TPSA) is 44.3 Å². The Morgan fingerprint density at radius 1 is 1.47 bits per heavy atom. The van der Waals surface area contributed by atoms with E-state index in [0.29, 0.717) is 15.8 Å². The van der Waals surface area contributed by atoms with Crippen molar-refractivity contribution in [3.05, 3.63) is 23.2 Å². The summed E-state index contributed by atoms with van der Waals surface area (Å²) in [4.78, 5) is 0. The van der Waals surface area contributed by atoms with Crippen LogP contribution < -0.4 is 10.6 Å². The molecule has 0 aliphatic rings. The molecule has 82 valence electrons. The molecule has 0 amide bonds. The van der Waals surface area contributed by atoms with Crippen LogP contribution in [0.4, 0.5) is 5.69 Å². The van der Waals surface area contributed by atoms with Gasteiger partial charge in [0, 0.05) is 11.1 Å². The minimum Gasteiger partial charge on any atom is -0.506 e. The van der Waals surface area contributed by atoms with Crippen LogP contribution in [-0.2, 0) is 0 Å². The Bertz CT molecular complexity index is 368. The van der Waals surface area contributed by atoms with Gasteiger partial charge in [0.15, 0.2) is 5.11 Å². The third kappa shape index (κ3) is 3.93. The van der Waals surface area contributed by atoms with E-state index in [-0.39, 0.29) is 11.8 Å². The molecule has 0 saturated carbocycles. The molecule has 0 fully saturated rings. The van der Waals surface area contributed by atoms with Gasteiger partial charge in [0.25, 0.3) is 0 Å². The molecule has 0 unspecified atom stereocenters. The van der Waals surface area contributed by atoms with Gasteiger partial charge in [-0.15, -0.1) is 0 Å². The van der Waals surface area contributed by atoms with Crippen molar-refractivity contribution in [3.63, 3.8) is 0 Å². The van der Waals surface area contributed by atoms with Crippen molar-refractivity contribution in [2.45, 2.75) is 19.9 Å². The maximum absolute atomic E-state index is 9.51. The minimum atomic E-state index is 0.118. The summed E-state index contributed by atoms with van der Waals surface area (Å²) in [7, 11) is 0. The summed E-state index contributed by atoms with van der Waals surface area (Å²) in [5, 5.41) is 16.4. The van der Waals surface area contributed by atoms with Crippen molar-refractivity contribution < 1.29 is 5.11 Å². The van der Waals surface area contributed by atoms with Crippen LogP contribution in [0.3, 0.4) is 0 Å². The molecule has 0 atom stereocenters. The standard InChI is InChI=1S/C10H13ClN2OS/c1-6(2)12-10(15)13-8-5-7(11)3-4-9(8)14/h3-6,14H,1-2H3,(H2,12,13,15). The number of hydrogen-bond donors (Lipinski definition) is 3. The first-order valence-corrected chi connectivity index (χ1v) is 5.33. The maximum atomic E-state index is 9.51. The fraction of sp³-hybridized carbons (Fsp3) is 0.300. The van der Waals surface area contributed by atoms with Gasteiger partial charge >= 0.3 is 0 Å². The minimum absolute atomic E-state index is 0.118. The number of phenols is 1. The largest absolute Gasteiger partial charge is 0.506 e. The van der Waals surface area contributed by atoms with E-state index < -0.39 is 0 Å². The molecule has 1 aromatic carbocycles. The first kappa shape index (κ1) is 12.1. The summed E-state index contributed by atoms with van der Waals surface area (Å²) in [6.45, 7) is 3.96. The molecule has 0 aromatic heterocycles. The monoisotopic (exact) mass is 244 g/mol. The van der Waals surface area contributed by atoms with Crippen LogP contribution >= 0.6 is 23.8 Å². The van der Waals surface area contributed by atoms with E-state index in [1.807, 2.05) is 13.8 Å². The van der Waals surface area contributed by atoms with Crippen molar-refractivity contribution in [2.24, 2.45) is 0 Å². The van der Waals surface area contributed by atoms with E-state index in [1.54, 1.807) is 12.1 Å². The summed E-state index contributed by atoms with van der Waals surface area (Å²) in [5.41, 5.74) is 0.501. The van der Waals surface area contributed by atoms with Crippen molar-refractivity contribution in [1.82, 2.24) is 5.32 Å². The van der Waals surface area contributed by atoms with Gasteiger partial charge in [-0.2, -0.15) is 0 Å². The Labute approximate surface area is 99.4 Å². The summed E-state index contributed by atoms with van der Waals surface area (Å²) in [5.74, 6) is 0.118. The zero-order chi connectivity index (χ0) is 11.4. The van der Waals surface area contributed by atoms with Gasteiger partial charge in [-0.1, -0.05) is 11.6 Å². The first-order chi connectivity index (χ1) is 6.99. The van der Waals surface area contributed by atoms with Gasteiger partial charge in [0.1, 0.15) is 5.75 Å². The fourth-order valence-corrected chi connectivity index (χ4v) is 1.55. The smallest absolute Gasteiger partial charge is 0.171 e. The second kappa shape index (κ2) is 5.19. The van der Waals surface area contributed by atoms with Crippen LogP contribution in [0.15, 0.2) is 18.2 Å². The molecule has 3 nitrogen and oxygen atoms in total. The fourth-order valence-electron chi connectivity index (χ4n) is 1.03. The molecule has 0 radical (unpaired) electrons. The molecular weight excluding hydrogens is 232 g/mol. The van der Waals surface area contributed by atoms with Crippen LogP contribution in [0.2, 0.25) is 5.02 Å². The molecule has 0 bridgehead atoms. The van der Waals surface area contributed by atoms with Gasteiger partial charge in [-0.3, -0.25) is 0 Å². The number of nitrogens with one attached hydrogen (secondary N) is 2. The van der Waals surface area contributed by atoms with E-state index in [4.69, 9.17) is 23.8 Å². The Morgan fingerprint density at radius 2 is 2.13 bits per heavy atom. The van der Waals surface area contributed by atoms with Crippen molar-refractivity contribution in [1.29, 1.82) is 0 Å². The Morgan fingerprint density at radius 3 is 2.73 bits per heavy atom. The van der Waals surface area contributed by atoms with Crippen molar-refractivity contribution in [3.8, 4) is 5.75 Å². The van der Waals surface area contributed by atoms with Crippen LogP contribution in [0, 0.1) is 0 Å². The summed E-state index contributed by atoms with van der Waals surface area (Å²) in [6.07, 6.45) is 0. The summed E-state index contributed by atoms with van der Waals surface area (Å²) in [6, 6.07) is 4.99. The van der Waals surface area contributed by atoms with Crippen LogP contribution in [0.5, 0.6) is 5.75 Å². The maximum Gasteiger partial charge on any atom is 0.171 e. The second-order valence-corrected chi connectivity index (χ2v) is 4.26. The molecule has 0 spiro atoms. The van der Waals surface area contributed by atoms with E-state index in [2.05, 4.69) is 10.6 Å². The number of hydrogen-bond acceptors (Lipinski definition) is 2. The molecule has 0 aliphatic carbocycles. The summed E-state index contributed by atoms with van der Waals surface area (Å²) < 4.78 is 0. The Kier molecular flexibility index (Phi) is 4.17. The van der Waals surface area contributed by atoms with E-state index >= 15 is 0 Å². The quantitative estimate of drug-likeness (QED) is 0.553. The molecule has 15 heavy (non-hydrogen) atoms. The van der Waals surface area contributed by atoms with Crippen molar-refractivity contribution in [2.75, 3.05) is 5.32 Å². The highest BCUT2D eigenvalue weighted by atomic mass is 35.5. The number of phenolic OH excluding ortho intramolecular Hbond substituents is 1. The molecular formula is C10H13ClN2OS. The number of halogens is 1. The lowest BCUT2D eigenvalue weighted by Gasteiger charge is -2.14. The van der Waals surface area contributed by atoms with Gasteiger partial charge in [-0.05, 0) is 44.3 Å². The third-order valence-corrected chi connectivity index (χ3v) is 2.08. The molecule has 0 saturated heterocycles. The van der Waals surface area contributed by atoms with Crippen LogP contribution in [0.1, 0.15) is 13.8 Å². The van der Waals surface area contributed by atoms with Gasteiger partial charge in [0.05, 0.1) is 5.69 Å². The van der Waals surface area contributed by atoms with Crippen molar-refractivity contribution >= 4 is 34.6 Å². The predicted octanol–water partition coefficient (Wildman–Crippen LogP) is 2.74. The number of anilines is 1. The van der Waals surface area contributed by atoms with Gasteiger partial charge < -0.3 is 15.7 Å². The molecule has 5 heteroatoms. The predicted molar refractivity (Wildman–Crippen MR) is 67.6 cm³/mol. The number of aromatic hydroxyl groups is 1. The Hall–Kier alpha value is -1.00. The number of rotatable bonds is 2. The zero-order valence-corrected chi connectivity index (χ0v) is 10.1. The Balaban J connectivity index is 2.71. The average Bonchev–Trinajstić information content (AvgIpc) is 2.10. The lowest BCUT2D eigenvalue weighted by Crippen LogP contribution is -2.33. The molecule has 0 aliphatic heterocycles. The highest BCUT2D eigenvalue weighted by Gasteiger charge is 2.04. The van der Waals surface area contributed by atoms with Crippen LogP contribution in [0.25, 0.3) is 0 Å². The molecule has 3 N–H and O–H groups in total. The lowest BCUT2D eigenvalue weighted by atomic mass is 10.3. The van der Waals surface area contributed by atoms with Crippen LogP contribution in [-0.4, -0.2) is 16.3 Å². The highest BCUT2D eigenvalue weighted by Crippen LogP contribution is 2.26. The van der Waals surface area contributed by atoms with E-state index in [1.165, 1.54) is 6.07 Å². The van der Waals surface area contributed by atoms with E-state index in [9.17, 15) is 5.11 Å². The normalized spacial score (nSPS) is 10.1. The van der Waals surface area contributed by atoms with Gasteiger partial charge in [-0.25, -0.2) is 0 Å². The molecule has 0 heterocycles. The zero-order valence-electron chi connectivity index (χ0n) is 8.54. The molecule has 1 rings (SSSR count). The average molecular weight is 245 g/mol. The lowest BCUT2D eigenvalue weighted by molar-refractivity contribution is 0.478. The SMILES string of the molecule is CC(C)NC(=S)Nc1cc(Cl)ccc1O. The first-order valence-electron chi connectivity index (χ1n) is 4.55. The molecule has 1 aromatic rings.